The molecule has 5 nitrogen and oxygen atoms in total. The maximum absolute atomic E-state index is 10.9. The predicted molar refractivity (Wildman–Crippen MR) is 71.2 cm³/mol. The van der Waals surface area contributed by atoms with Gasteiger partial charge < -0.3 is 15.6 Å². The van der Waals surface area contributed by atoms with E-state index in [0.717, 1.165) is 5.56 Å². The molecule has 1 aromatic carbocycles. The summed E-state index contributed by atoms with van der Waals surface area (Å²) in [6.07, 6.45) is 3.00. The van der Waals surface area contributed by atoms with Crippen molar-refractivity contribution in [3.63, 3.8) is 0 Å². The number of benzene rings is 1. The van der Waals surface area contributed by atoms with Crippen LogP contribution in [0.25, 0.3) is 5.57 Å². The van der Waals surface area contributed by atoms with Gasteiger partial charge in [-0.05, 0) is 25.1 Å². The lowest BCUT2D eigenvalue weighted by atomic mass is 10.0. The van der Waals surface area contributed by atoms with Gasteiger partial charge in [0, 0.05) is 30.6 Å². The fourth-order valence-corrected chi connectivity index (χ4v) is 1.51. The lowest BCUT2D eigenvalue weighted by Crippen LogP contribution is -2.02. The molecule has 96 valence electrons. The number of nitrogens with two attached hydrogens (primary N) is 1. The number of aliphatic imine (C=N–C) groups is 1. The summed E-state index contributed by atoms with van der Waals surface area (Å²) in [4.78, 5) is 14.8. The molecule has 1 rings (SSSR count). The molecule has 0 aromatic heterocycles. The van der Waals surface area contributed by atoms with E-state index in [0.29, 0.717) is 17.9 Å². The molecule has 0 bridgehead atoms. The van der Waals surface area contributed by atoms with Crippen LogP contribution < -0.4 is 10.5 Å². The lowest BCUT2D eigenvalue weighted by Gasteiger charge is -2.11. The van der Waals surface area contributed by atoms with E-state index in [4.69, 9.17) is 15.6 Å². The summed E-state index contributed by atoms with van der Waals surface area (Å²) in [7, 11) is 1.63. The summed E-state index contributed by atoms with van der Waals surface area (Å²) < 4.78 is 5.44. The molecule has 0 saturated heterocycles. The Morgan fingerprint density at radius 3 is 2.78 bits per heavy atom. The first-order chi connectivity index (χ1) is 8.63. The molecule has 0 atom stereocenters. The number of allylic oxidation sites excluding steroid dienone is 1. The highest BCUT2D eigenvalue weighted by molar-refractivity contribution is 6.10. The number of nitrogens with zero attached hydrogens (tertiary/aromatic N) is 1. The van der Waals surface area contributed by atoms with E-state index in [9.17, 15) is 4.79 Å². The van der Waals surface area contributed by atoms with Crippen molar-refractivity contribution in [3.05, 3.63) is 35.5 Å². The minimum absolute atomic E-state index is 0.173. The van der Waals surface area contributed by atoms with Crippen LogP contribution in [0.4, 0.5) is 0 Å². The van der Waals surface area contributed by atoms with Crippen molar-refractivity contribution in [1.29, 1.82) is 0 Å². The number of carboxylic acid groups (broad SMARTS) is 1. The van der Waals surface area contributed by atoms with Crippen molar-refractivity contribution < 1.29 is 14.6 Å². The quantitative estimate of drug-likeness (QED) is 0.778. The van der Waals surface area contributed by atoms with Crippen LogP contribution >= 0.6 is 0 Å². The molecule has 0 aliphatic heterocycles. The molecule has 0 unspecified atom stereocenters. The molecule has 0 saturated carbocycles. The van der Waals surface area contributed by atoms with Crippen LogP contribution in [0.15, 0.2) is 29.4 Å². The maximum Gasteiger partial charge on any atom is 0.335 e. The van der Waals surface area contributed by atoms with Gasteiger partial charge in [-0.2, -0.15) is 0 Å². The fraction of sp³-hybridized carbons (Fsp3) is 0.231. The molecule has 0 radical (unpaired) electrons. The number of carboxylic acids is 1. The molecular formula is C13H16N2O3. The number of rotatable bonds is 5. The minimum Gasteiger partial charge on any atom is -0.493 e. The summed E-state index contributed by atoms with van der Waals surface area (Å²) >= 11 is 0. The summed E-state index contributed by atoms with van der Waals surface area (Å²) in [6, 6.07) is 4.65. The summed E-state index contributed by atoms with van der Waals surface area (Å²) in [6.45, 7) is 2.27. The second kappa shape index (κ2) is 6.44. The van der Waals surface area contributed by atoms with Gasteiger partial charge in [0.25, 0.3) is 0 Å². The summed E-state index contributed by atoms with van der Waals surface area (Å²) in [5.74, 6) is -0.515. The zero-order valence-electron chi connectivity index (χ0n) is 10.4. The number of hydrogen-bond acceptors (Lipinski definition) is 4. The molecule has 0 aliphatic rings. The van der Waals surface area contributed by atoms with Crippen molar-refractivity contribution in [2.24, 2.45) is 10.7 Å². The highest BCUT2D eigenvalue weighted by Gasteiger charge is 2.11. The molecule has 0 spiro atoms. The summed E-state index contributed by atoms with van der Waals surface area (Å²) in [5.41, 5.74) is 7.10. The highest BCUT2D eigenvalue weighted by Crippen LogP contribution is 2.26. The van der Waals surface area contributed by atoms with Gasteiger partial charge in [0.15, 0.2) is 0 Å². The van der Waals surface area contributed by atoms with Crippen LogP contribution in [0.2, 0.25) is 0 Å². The molecule has 0 heterocycles. The number of hydrogen-bond donors (Lipinski definition) is 2. The Morgan fingerprint density at radius 2 is 2.28 bits per heavy atom. The molecular weight excluding hydrogens is 232 g/mol. The SMILES string of the molecule is CCOc1cc(C(=O)O)ccc1C(C=NC)=CN. The van der Waals surface area contributed by atoms with Crippen molar-refractivity contribution >= 4 is 17.8 Å². The van der Waals surface area contributed by atoms with Gasteiger partial charge in [-0.3, -0.25) is 4.99 Å². The standard InChI is InChI=1S/C13H16N2O3/c1-3-18-12-6-9(13(16)17)4-5-11(12)10(7-14)8-15-2/h4-8H,3,14H2,1-2H3,(H,16,17). The Labute approximate surface area is 106 Å². The van der Waals surface area contributed by atoms with E-state index in [2.05, 4.69) is 4.99 Å². The van der Waals surface area contributed by atoms with Gasteiger partial charge in [0.2, 0.25) is 0 Å². The average molecular weight is 248 g/mol. The fourth-order valence-electron chi connectivity index (χ4n) is 1.51. The topological polar surface area (TPSA) is 84.9 Å². The van der Waals surface area contributed by atoms with Crippen molar-refractivity contribution in [2.45, 2.75) is 6.92 Å². The van der Waals surface area contributed by atoms with E-state index in [1.54, 1.807) is 19.3 Å². The van der Waals surface area contributed by atoms with Crippen LogP contribution in [0.1, 0.15) is 22.8 Å². The zero-order chi connectivity index (χ0) is 13.5. The summed E-state index contributed by atoms with van der Waals surface area (Å²) in [5, 5.41) is 8.95. The third-order valence-corrected chi connectivity index (χ3v) is 2.29. The Balaban J connectivity index is 3.30. The Bertz CT molecular complexity index is 493. The Hall–Kier alpha value is -2.30. The maximum atomic E-state index is 10.9. The monoisotopic (exact) mass is 248 g/mol. The van der Waals surface area contributed by atoms with Gasteiger partial charge in [-0.25, -0.2) is 4.79 Å². The smallest absolute Gasteiger partial charge is 0.335 e. The van der Waals surface area contributed by atoms with Gasteiger partial charge in [0.05, 0.1) is 12.2 Å². The zero-order valence-corrected chi connectivity index (χ0v) is 10.4. The van der Waals surface area contributed by atoms with Gasteiger partial charge >= 0.3 is 5.97 Å². The van der Waals surface area contributed by atoms with Gasteiger partial charge in [-0.1, -0.05) is 0 Å². The molecule has 3 N–H and O–H groups in total. The number of aromatic carboxylic acids is 1. The second-order valence-electron chi connectivity index (χ2n) is 3.46. The second-order valence-corrected chi connectivity index (χ2v) is 3.46. The van der Waals surface area contributed by atoms with E-state index in [1.165, 1.54) is 18.3 Å². The Morgan fingerprint density at radius 1 is 1.56 bits per heavy atom. The third kappa shape index (κ3) is 3.10. The van der Waals surface area contributed by atoms with E-state index in [-0.39, 0.29) is 5.56 Å². The Kier molecular flexibility index (Phi) is 4.92. The van der Waals surface area contributed by atoms with E-state index in [1.807, 2.05) is 6.92 Å². The van der Waals surface area contributed by atoms with Crippen molar-refractivity contribution in [1.82, 2.24) is 0 Å². The third-order valence-electron chi connectivity index (χ3n) is 2.29. The normalized spacial score (nSPS) is 11.8. The van der Waals surface area contributed by atoms with Crippen LogP contribution in [0.3, 0.4) is 0 Å². The number of carbonyl (C=O) groups is 1. The van der Waals surface area contributed by atoms with Crippen LogP contribution in [-0.2, 0) is 0 Å². The first-order valence-corrected chi connectivity index (χ1v) is 5.48. The van der Waals surface area contributed by atoms with Gasteiger partial charge in [0.1, 0.15) is 5.75 Å². The van der Waals surface area contributed by atoms with Gasteiger partial charge in [-0.15, -0.1) is 0 Å². The van der Waals surface area contributed by atoms with Crippen LogP contribution in [-0.4, -0.2) is 30.9 Å². The largest absolute Gasteiger partial charge is 0.493 e. The first-order valence-electron chi connectivity index (χ1n) is 5.48. The highest BCUT2D eigenvalue weighted by atomic mass is 16.5. The van der Waals surface area contributed by atoms with Crippen LogP contribution in [0.5, 0.6) is 5.75 Å². The number of ether oxygens (including phenoxy) is 1. The molecule has 0 aliphatic carbocycles. The molecule has 18 heavy (non-hydrogen) atoms. The molecule has 1 aromatic rings. The first kappa shape index (κ1) is 13.8. The molecule has 5 heteroatoms. The van der Waals surface area contributed by atoms with E-state index >= 15 is 0 Å². The minimum atomic E-state index is -0.995. The predicted octanol–water partition coefficient (Wildman–Crippen LogP) is 1.78. The lowest BCUT2D eigenvalue weighted by molar-refractivity contribution is 0.0696. The van der Waals surface area contributed by atoms with E-state index < -0.39 is 5.97 Å². The average Bonchev–Trinajstić information content (AvgIpc) is 2.36. The molecule has 0 fully saturated rings. The van der Waals surface area contributed by atoms with Crippen molar-refractivity contribution in [3.8, 4) is 5.75 Å². The molecule has 0 amide bonds. The van der Waals surface area contributed by atoms with Crippen LogP contribution in [0, 0.1) is 0 Å². The van der Waals surface area contributed by atoms with Crippen molar-refractivity contribution in [2.75, 3.05) is 13.7 Å².